The molecule has 2 N–H and O–H groups in total. The van der Waals surface area contributed by atoms with E-state index < -0.39 is 10.3 Å². The monoisotopic (exact) mass is 207 g/mol. The second kappa shape index (κ2) is 4.93. The highest BCUT2D eigenvalue weighted by atomic mass is 32.2. The normalized spacial score (nSPS) is 21.3. The highest BCUT2D eigenvalue weighted by Crippen LogP contribution is 2.23. The van der Waals surface area contributed by atoms with Gasteiger partial charge in [-0.15, -0.1) is 0 Å². The molecular weight excluding hydrogens is 190 g/mol. The van der Waals surface area contributed by atoms with Gasteiger partial charge in [0.25, 0.3) is 0 Å². The summed E-state index contributed by atoms with van der Waals surface area (Å²) >= 11 is 0. The van der Waals surface area contributed by atoms with Crippen molar-refractivity contribution in [1.82, 2.24) is 0 Å². The van der Waals surface area contributed by atoms with Crippen molar-refractivity contribution in [2.75, 3.05) is 6.61 Å². The van der Waals surface area contributed by atoms with E-state index in [2.05, 4.69) is 4.18 Å². The molecule has 13 heavy (non-hydrogen) atoms. The van der Waals surface area contributed by atoms with Gasteiger partial charge in [-0.05, 0) is 18.8 Å². The van der Waals surface area contributed by atoms with Crippen molar-refractivity contribution >= 4 is 10.3 Å². The van der Waals surface area contributed by atoms with Crippen molar-refractivity contribution in [1.29, 1.82) is 0 Å². The highest BCUT2D eigenvalue weighted by molar-refractivity contribution is 7.84. The van der Waals surface area contributed by atoms with Crippen LogP contribution in [0.5, 0.6) is 0 Å². The Bertz CT molecular complexity index is 230. The maximum atomic E-state index is 10.5. The molecule has 0 amide bonds. The zero-order valence-electron chi connectivity index (χ0n) is 7.74. The molecule has 1 rings (SSSR count). The quantitative estimate of drug-likeness (QED) is 0.706. The number of hydrogen-bond donors (Lipinski definition) is 1. The molecule has 0 aromatic carbocycles. The van der Waals surface area contributed by atoms with Gasteiger partial charge in [0.15, 0.2) is 0 Å². The van der Waals surface area contributed by atoms with Crippen LogP contribution < -0.4 is 5.14 Å². The van der Waals surface area contributed by atoms with Gasteiger partial charge in [-0.25, -0.2) is 5.14 Å². The van der Waals surface area contributed by atoms with Gasteiger partial charge in [-0.1, -0.05) is 25.7 Å². The fourth-order valence-corrected chi connectivity index (χ4v) is 2.10. The van der Waals surface area contributed by atoms with Crippen LogP contribution in [0, 0.1) is 5.92 Å². The topological polar surface area (TPSA) is 69.4 Å². The average molecular weight is 207 g/mol. The van der Waals surface area contributed by atoms with E-state index in [9.17, 15) is 8.42 Å². The Morgan fingerprint density at radius 1 is 1.15 bits per heavy atom. The largest absolute Gasteiger partial charge is 0.333 e. The summed E-state index contributed by atoms with van der Waals surface area (Å²) in [6, 6.07) is 0. The van der Waals surface area contributed by atoms with Gasteiger partial charge < -0.3 is 0 Å². The van der Waals surface area contributed by atoms with E-state index >= 15 is 0 Å². The van der Waals surface area contributed by atoms with Gasteiger partial charge in [0.1, 0.15) is 0 Å². The van der Waals surface area contributed by atoms with Crippen molar-refractivity contribution in [2.24, 2.45) is 11.1 Å². The lowest BCUT2D eigenvalue weighted by Crippen LogP contribution is -2.20. The van der Waals surface area contributed by atoms with Crippen LogP contribution in [-0.2, 0) is 14.5 Å². The summed E-state index contributed by atoms with van der Waals surface area (Å²) in [6.07, 6.45) is 7.00. The van der Waals surface area contributed by atoms with E-state index in [-0.39, 0.29) is 6.61 Å². The molecule has 0 heterocycles. The molecule has 1 aliphatic carbocycles. The molecule has 0 aromatic rings. The maximum absolute atomic E-state index is 10.5. The zero-order chi connectivity index (χ0) is 9.73. The molecule has 0 unspecified atom stereocenters. The van der Waals surface area contributed by atoms with Crippen LogP contribution in [0.4, 0.5) is 0 Å². The molecule has 78 valence electrons. The van der Waals surface area contributed by atoms with E-state index in [1.54, 1.807) is 0 Å². The van der Waals surface area contributed by atoms with Crippen LogP contribution in [0.1, 0.15) is 38.5 Å². The molecule has 0 aliphatic heterocycles. The van der Waals surface area contributed by atoms with Gasteiger partial charge in [0.05, 0.1) is 6.61 Å². The van der Waals surface area contributed by atoms with Gasteiger partial charge in [0.2, 0.25) is 0 Å². The third-order valence-corrected chi connectivity index (χ3v) is 2.91. The predicted octanol–water partition coefficient (Wildman–Crippen LogP) is 1.18. The fraction of sp³-hybridized carbons (Fsp3) is 1.00. The lowest BCUT2D eigenvalue weighted by molar-refractivity contribution is 0.239. The molecule has 0 spiro atoms. The molecule has 1 aliphatic rings. The van der Waals surface area contributed by atoms with E-state index in [1.807, 2.05) is 0 Å². The Labute approximate surface area is 79.7 Å². The molecule has 0 atom stereocenters. The number of nitrogens with two attached hydrogens (primary N) is 1. The van der Waals surface area contributed by atoms with E-state index in [0.717, 1.165) is 12.8 Å². The van der Waals surface area contributed by atoms with Gasteiger partial charge >= 0.3 is 10.3 Å². The smallest absolute Gasteiger partial charge is 0.258 e. The fourth-order valence-electron chi connectivity index (χ4n) is 1.72. The molecular formula is C8H17NO3S. The maximum Gasteiger partial charge on any atom is 0.333 e. The highest BCUT2D eigenvalue weighted by Gasteiger charge is 2.14. The van der Waals surface area contributed by atoms with Gasteiger partial charge in [-0.3, -0.25) is 4.18 Å². The molecule has 4 nitrogen and oxygen atoms in total. The van der Waals surface area contributed by atoms with Crippen LogP contribution in [-0.4, -0.2) is 15.0 Å². The summed E-state index contributed by atoms with van der Waals surface area (Å²) in [6.45, 7) is 0.263. The van der Waals surface area contributed by atoms with Crippen molar-refractivity contribution in [3.63, 3.8) is 0 Å². The SMILES string of the molecule is NS(=O)(=O)OCC1CCCCCC1. The number of hydrogen-bond acceptors (Lipinski definition) is 3. The molecule has 0 aromatic heterocycles. The molecule has 0 radical (unpaired) electrons. The standard InChI is InChI=1S/C8H17NO3S/c9-13(10,11)12-7-8-5-3-1-2-4-6-8/h8H,1-7H2,(H2,9,10,11). The van der Waals surface area contributed by atoms with Crippen LogP contribution in [0.25, 0.3) is 0 Å². The number of rotatable bonds is 3. The Morgan fingerprint density at radius 3 is 2.15 bits per heavy atom. The molecule has 0 saturated heterocycles. The van der Waals surface area contributed by atoms with Crippen LogP contribution >= 0.6 is 0 Å². The van der Waals surface area contributed by atoms with E-state index in [4.69, 9.17) is 5.14 Å². The minimum absolute atomic E-state index is 0.263. The van der Waals surface area contributed by atoms with Crippen molar-refractivity contribution in [3.8, 4) is 0 Å². The van der Waals surface area contributed by atoms with Crippen molar-refractivity contribution < 1.29 is 12.6 Å². The minimum Gasteiger partial charge on any atom is -0.258 e. The zero-order valence-corrected chi connectivity index (χ0v) is 8.55. The first-order valence-electron chi connectivity index (χ1n) is 4.75. The summed E-state index contributed by atoms with van der Waals surface area (Å²) in [5.74, 6) is 0.376. The average Bonchev–Trinajstić information content (AvgIpc) is 2.26. The van der Waals surface area contributed by atoms with E-state index in [1.165, 1.54) is 25.7 Å². The summed E-state index contributed by atoms with van der Waals surface area (Å²) in [4.78, 5) is 0. The van der Waals surface area contributed by atoms with Crippen LogP contribution in [0.2, 0.25) is 0 Å². The minimum atomic E-state index is -3.74. The lowest BCUT2D eigenvalue weighted by Gasteiger charge is -2.12. The third kappa shape index (κ3) is 5.23. The second-order valence-electron chi connectivity index (χ2n) is 3.63. The first-order valence-corrected chi connectivity index (χ1v) is 6.22. The first kappa shape index (κ1) is 10.9. The van der Waals surface area contributed by atoms with Gasteiger partial charge in [0, 0.05) is 0 Å². The Balaban J connectivity index is 2.27. The first-order chi connectivity index (χ1) is 6.08. The third-order valence-electron chi connectivity index (χ3n) is 2.44. The summed E-state index contributed by atoms with van der Waals surface area (Å²) < 4.78 is 25.6. The molecule has 1 fully saturated rings. The van der Waals surface area contributed by atoms with Crippen molar-refractivity contribution in [3.05, 3.63) is 0 Å². The summed E-state index contributed by atoms with van der Waals surface area (Å²) in [7, 11) is -3.74. The summed E-state index contributed by atoms with van der Waals surface area (Å²) in [5.41, 5.74) is 0. The molecule has 0 bridgehead atoms. The second-order valence-corrected chi connectivity index (χ2v) is 4.86. The van der Waals surface area contributed by atoms with Crippen molar-refractivity contribution in [2.45, 2.75) is 38.5 Å². The van der Waals surface area contributed by atoms with E-state index in [0.29, 0.717) is 5.92 Å². The van der Waals surface area contributed by atoms with Crippen LogP contribution in [0.15, 0.2) is 0 Å². The Kier molecular flexibility index (Phi) is 4.15. The lowest BCUT2D eigenvalue weighted by atomic mass is 10.0. The summed E-state index contributed by atoms with van der Waals surface area (Å²) in [5, 5.41) is 4.74. The predicted molar refractivity (Wildman–Crippen MR) is 50.3 cm³/mol. The van der Waals surface area contributed by atoms with Crippen LogP contribution in [0.3, 0.4) is 0 Å². The van der Waals surface area contributed by atoms with Gasteiger partial charge in [-0.2, -0.15) is 8.42 Å². The Hall–Kier alpha value is -0.130. The molecule has 1 saturated carbocycles. The Morgan fingerprint density at radius 2 is 1.69 bits per heavy atom. The molecule has 5 heteroatoms.